The normalized spacial score (nSPS) is 14.7. The fraction of sp³-hybridized carbons (Fsp3) is 0.318. The lowest BCUT2D eigenvalue weighted by molar-refractivity contribution is 0.116. The van der Waals surface area contributed by atoms with Crippen molar-refractivity contribution in [1.29, 1.82) is 0 Å². The van der Waals surface area contributed by atoms with E-state index in [0.717, 1.165) is 16.8 Å². The Hall–Kier alpha value is -3.14. The van der Waals surface area contributed by atoms with Crippen molar-refractivity contribution in [3.63, 3.8) is 0 Å². The number of amides is 2. The summed E-state index contributed by atoms with van der Waals surface area (Å²) in [5, 5.41) is 7.01. The number of carbonyl (C=O) groups excluding carboxylic acids is 1. The smallest absolute Gasteiger partial charge is 0.324 e. The Balaban J connectivity index is 1.57. The number of nitrogens with zero attached hydrogens (tertiary/aromatic N) is 4. The van der Waals surface area contributed by atoms with Crippen LogP contribution in [0.4, 0.5) is 19.3 Å². The molecule has 32 heavy (non-hydrogen) atoms. The Morgan fingerprint density at radius 2 is 1.81 bits per heavy atom. The van der Waals surface area contributed by atoms with Gasteiger partial charge in [-0.3, -0.25) is 9.11 Å². The van der Waals surface area contributed by atoms with E-state index in [2.05, 4.69) is 10.2 Å². The van der Waals surface area contributed by atoms with Crippen LogP contribution in [0.15, 0.2) is 52.9 Å². The van der Waals surface area contributed by atoms with Gasteiger partial charge in [0, 0.05) is 46.6 Å². The molecule has 2 amide bonds. The minimum absolute atomic E-state index is 0.0139. The van der Waals surface area contributed by atoms with Crippen molar-refractivity contribution in [2.24, 2.45) is 0 Å². The van der Waals surface area contributed by atoms with Crippen molar-refractivity contribution in [2.75, 3.05) is 29.5 Å². The van der Waals surface area contributed by atoms with Crippen LogP contribution >= 0.6 is 0 Å². The average Bonchev–Trinajstić information content (AvgIpc) is 3.29. The van der Waals surface area contributed by atoms with Crippen molar-refractivity contribution in [3.8, 4) is 11.5 Å². The molecule has 1 aliphatic heterocycles. The molecule has 0 bridgehead atoms. The predicted molar refractivity (Wildman–Crippen MR) is 117 cm³/mol. The molecule has 1 aliphatic rings. The number of para-hydroxylation sites is 1. The highest BCUT2D eigenvalue weighted by Crippen LogP contribution is 2.26. The molecule has 7 nitrogen and oxygen atoms in total. The van der Waals surface area contributed by atoms with Gasteiger partial charge in [-0.05, 0) is 36.2 Å². The van der Waals surface area contributed by atoms with Crippen molar-refractivity contribution in [2.45, 2.75) is 19.9 Å². The molecule has 0 spiro atoms. The number of hydrogen-bond acceptors (Lipinski definition) is 5. The molecule has 0 saturated carbocycles. The van der Waals surface area contributed by atoms with E-state index in [9.17, 15) is 17.8 Å². The standard InChI is InChI=1S/C22H22F2N4O3S/c1-15-4-2-3-5-18(15)28(22(29)27-10-12-32(30)13-11-27)14-16-6-8-17(9-7-16)20-25-26-21(31-20)19(23)24/h2-9,19H,10-14H2,1H3. The molecular formula is C22H22F2N4O3S. The monoisotopic (exact) mass is 460 g/mol. The molecule has 1 fully saturated rings. The molecule has 1 aromatic heterocycles. The summed E-state index contributed by atoms with van der Waals surface area (Å²) in [6.07, 6.45) is -2.82. The first-order chi connectivity index (χ1) is 15.4. The van der Waals surface area contributed by atoms with Gasteiger partial charge in [0.15, 0.2) is 0 Å². The van der Waals surface area contributed by atoms with Gasteiger partial charge in [0.25, 0.3) is 5.89 Å². The molecule has 4 rings (SSSR count). The lowest BCUT2D eigenvalue weighted by Crippen LogP contribution is -2.48. The van der Waals surface area contributed by atoms with Gasteiger partial charge in [0.05, 0.1) is 6.54 Å². The minimum Gasteiger partial charge on any atom is -0.415 e. The number of anilines is 1. The van der Waals surface area contributed by atoms with E-state index in [-0.39, 0.29) is 11.9 Å². The van der Waals surface area contributed by atoms with Gasteiger partial charge in [-0.2, -0.15) is 8.78 Å². The number of aryl methyl sites for hydroxylation is 1. The lowest BCUT2D eigenvalue weighted by Gasteiger charge is -2.33. The average molecular weight is 461 g/mol. The Morgan fingerprint density at radius 1 is 1.12 bits per heavy atom. The molecule has 0 atom stereocenters. The highest BCUT2D eigenvalue weighted by Gasteiger charge is 2.27. The number of hydrogen-bond donors (Lipinski definition) is 0. The van der Waals surface area contributed by atoms with Gasteiger partial charge in [-0.25, -0.2) is 4.79 Å². The summed E-state index contributed by atoms with van der Waals surface area (Å²) in [4.78, 5) is 16.8. The van der Waals surface area contributed by atoms with E-state index >= 15 is 0 Å². The largest absolute Gasteiger partial charge is 0.415 e. The maximum absolute atomic E-state index is 13.4. The van der Waals surface area contributed by atoms with E-state index in [4.69, 9.17) is 4.42 Å². The van der Waals surface area contributed by atoms with Crippen LogP contribution < -0.4 is 4.90 Å². The highest BCUT2D eigenvalue weighted by atomic mass is 32.2. The predicted octanol–water partition coefficient (Wildman–Crippen LogP) is 4.17. The molecule has 10 heteroatoms. The zero-order chi connectivity index (χ0) is 22.7. The minimum atomic E-state index is -2.82. The first-order valence-corrected chi connectivity index (χ1v) is 11.6. The summed E-state index contributed by atoms with van der Waals surface area (Å²) < 4.78 is 42.1. The number of rotatable bonds is 5. The number of alkyl halides is 2. The molecule has 2 heterocycles. The summed E-state index contributed by atoms with van der Waals surface area (Å²) >= 11 is 0. The second-order valence-electron chi connectivity index (χ2n) is 7.43. The second-order valence-corrected chi connectivity index (χ2v) is 9.13. The van der Waals surface area contributed by atoms with Crippen molar-refractivity contribution >= 4 is 22.5 Å². The zero-order valence-electron chi connectivity index (χ0n) is 17.4. The van der Waals surface area contributed by atoms with E-state index in [1.54, 1.807) is 34.1 Å². The fourth-order valence-corrected chi connectivity index (χ4v) is 4.55. The third kappa shape index (κ3) is 4.85. The van der Waals surface area contributed by atoms with Gasteiger partial charge in [-0.15, -0.1) is 10.2 Å². The van der Waals surface area contributed by atoms with E-state index in [1.165, 1.54) is 0 Å². The van der Waals surface area contributed by atoms with Gasteiger partial charge >= 0.3 is 12.5 Å². The Labute approximate surface area is 186 Å². The lowest BCUT2D eigenvalue weighted by atomic mass is 10.1. The molecule has 0 N–H and O–H groups in total. The quantitative estimate of drug-likeness (QED) is 0.571. The molecule has 168 valence electrons. The third-order valence-corrected chi connectivity index (χ3v) is 6.53. The van der Waals surface area contributed by atoms with Crippen LogP contribution in [0.1, 0.15) is 23.4 Å². The Morgan fingerprint density at radius 3 is 2.44 bits per heavy atom. The first kappa shape index (κ1) is 22.1. The van der Waals surface area contributed by atoms with Crippen LogP contribution in [0.3, 0.4) is 0 Å². The fourth-order valence-electron chi connectivity index (χ4n) is 3.50. The number of carbonyl (C=O) groups is 1. The summed E-state index contributed by atoms with van der Waals surface area (Å²) in [6, 6.07) is 14.5. The van der Waals surface area contributed by atoms with Gasteiger partial charge in [0.1, 0.15) is 0 Å². The number of benzene rings is 2. The van der Waals surface area contributed by atoms with Crippen LogP contribution in [-0.4, -0.2) is 49.9 Å². The van der Waals surface area contributed by atoms with Crippen LogP contribution in [-0.2, 0) is 17.3 Å². The zero-order valence-corrected chi connectivity index (χ0v) is 18.2. The topological polar surface area (TPSA) is 79.5 Å². The van der Waals surface area contributed by atoms with Gasteiger partial charge in [-0.1, -0.05) is 30.3 Å². The maximum Gasteiger partial charge on any atom is 0.324 e. The number of urea groups is 1. The molecule has 0 unspecified atom stereocenters. The van der Waals surface area contributed by atoms with E-state index < -0.39 is 23.1 Å². The van der Waals surface area contributed by atoms with Crippen molar-refractivity contribution in [3.05, 3.63) is 65.5 Å². The highest BCUT2D eigenvalue weighted by molar-refractivity contribution is 7.85. The maximum atomic E-state index is 13.4. The third-order valence-electron chi connectivity index (χ3n) is 5.25. The Kier molecular flexibility index (Phi) is 6.59. The molecule has 1 saturated heterocycles. The number of aromatic nitrogens is 2. The summed E-state index contributed by atoms with van der Waals surface area (Å²) in [5.41, 5.74) is 3.12. The summed E-state index contributed by atoms with van der Waals surface area (Å²) in [6.45, 7) is 3.17. The second kappa shape index (κ2) is 9.56. The summed E-state index contributed by atoms with van der Waals surface area (Å²) in [5.74, 6) is 0.252. The number of halogens is 2. The van der Waals surface area contributed by atoms with Gasteiger partial charge in [0.2, 0.25) is 5.89 Å². The molecule has 0 aliphatic carbocycles. The molecule has 2 aromatic carbocycles. The van der Waals surface area contributed by atoms with Gasteiger partial charge < -0.3 is 9.32 Å². The molecular weight excluding hydrogens is 438 g/mol. The Bertz CT molecular complexity index is 1110. The van der Waals surface area contributed by atoms with Crippen LogP contribution in [0.2, 0.25) is 0 Å². The van der Waals surface area contributed by atoms with Crippen LogP contribution in [0, 0.1) is 6.92 Å². The molecule has 0 radical (unpaired) electrons. The summed E-state index contributed by atoms with van der Waals surface area (Å²) in [7, 11) is -0.879. The van der Waals surface area contributed by atoms with Crippen molar-refractivity contribution in [1.82, 2.24) is 15.1 Å². The van der Waals surface area contributed by atoms with E-state index in [0.29, 0.717) is 36.7 Å². The van der Waals surface area contributed by atoms with Crippen LogP contribution in [0.25, 0.3) is 11.5 Å². The van der Waals surface area contributed by atoms with Crippen molar-refractivity contribution < 1.29 is 22.2 Å². The van der Waals surface area contributed by atoms with E-state index in [1.807, 2.05) is 31.2 Å². The molecule has 3 aromatic rings. The van der Waals surface area contributed by atoms with Crippen LogP contribution in [0.5, 0.6) is 0 Å². The first-order valence-electron chi connectivity index (χ1n) is 10.1. The SMILES string of the molecule is Cc1ccccc1N(Cc1ccc(-c2nnc(C(F)F)o2)cc1)C(=O)N1CCS(=O)CC1.